The fourth-order valence-electron chi connectivity index (χ4n) is 2.57. The van der Waals surface area contributed by atoms with E-state index in [0.29, 0.717) is 42.3 Å². The molecule has 2 rings (SSSR count). The Morgan fingerprint density at radius 2 is 2.12 bits per heavy atom. The number of aromatic nitrogens is 2. The molecule has 2 aromatic heterocycles. The third-order valence-corrected chi connectivity index (χ3v) is 5.57. The van der Waals surface area contributed by atoms with Crippen LogP contribution in [0.25, 0.3) is 16.8 Å². The van der Waals surface area contributed by atoms with E-state index in [2.05, 4.69) is 24.6 Å². The normalized spacial score (nSPS) is 12.6. The Kier molecular flexibility index (Phi) is 6.61. The van der Waals surface area contributed by atoms with Gasteiger partial charge in [0.15, 0.2) is 5.78 Å². The Hall–Kier alpha value is -2.12. The van der Waals surface area contributed by atoms with E-state index >= 15 is 0 Å². The zero-order valence-corrected chi connectivity index (χ0v) is 17.2. The van der Waals surface area contributed by atoms with E-state index in [0.717, 1.165) is 6.04 Å². The monoisotopic (exact) mass is 376 g/mol. The van der Waals surface area contributed by atoms with E-state index in [4.69, 9.17) is 9.47 Å². The molecule has 0 aliphatic rings. The highest BCUT2D eigenvalue weighted by molar-refractivity contribution is 6.76. The molecule has 7 heteroatoms. The number of carbonyl (C=O) groups excluding carboxylic acids is 1. The van der Waals surface area contributed by atoms with Gasteiger partial charge in [0.2, 0.25) is 0 Å². The van der Waals surface area contributed by atoms with Crippen molar-refractivity contribution in [3.8, 4) is 5.75 Å². The number of allylic oxidation sites excluding steroid dienone is 1. The van der Waals surface area contributed by atoms with Crippen molar-refractivity contribution in [2.75, 3.05) is 13.2 Å². The quantitative estimate of drug-likeness (QED) is 0.307. The van der Waals surface area contributed by atoms with Gasteiger partial charge in [0.25, 0.3) is 0 Å². The lowest BCUT2D eigenvalue weighted by atomic mass is 10.1. The lowest BCUT2D eigenvalue weighted by molar-refractivity contribution is -0.112. The summed E-state index contributed by atoms with van der Waals surface area (Å²) in [6.45, 7) is 11.7. The molecule has 142 valence electrons. The van der Waals surface area contributed by atoms with Crippen molar-refractivity contribution in [1.82, 2.24) is 9.55 Å². The minimum atomic E-state index is -1.16. The van der Waals surface area contributed by atoms with Gasteiger partial charge in [0.1, 0.15) is 23.9 Å². The van der Waals surface area contributed by atoms with Gasteiger partial charge in [-0.3, -0.25) is 4.79 Å². The molecular formula is C19H28N2O4Si. The fraction of sp³-hybridized carbons (Fsp3) is 0.474. The van der Waals surface area contributed by atoms with E-state index in [1.807, 2.05) is 11.5 Å². The summed E-state index contributed by atoms with van der Waals surface area (Å²) in [5.41, 5.74) is 1.17. The second-order valence-electron chi connectivity index (χ2n) is 7.44. The summed E-state index contributed by atoms with van der Waals surface area (Å²) in [5.74, 6) is 0.297. The van der Waals surface area contributed by atoms with Gasteiger partial charge < -0.3 is 19.1 Å². The van der Waals surface area contributed by atoms with Crippen molar-refractivity contribution in [3.63, 3.8) is 0 Å². The van der Waals surface area contributed by atoms with Gasteiger partial charge >= 0.3 is 0 Å². The molecule has 0 bridgehead atoms. The summed E-state index contributed by atoms with van der Waals surface area (Å²) in [5, 5.41) is 11.1. The molecule has 2 aromatic rings. The van der Waals surface area contributed by atoms with Crippen LogP contribution in [0.5, 0.6) is 5.75 Å². The topological polar surface area (TPSA) is 73.6 Å². The Balaban J connectivity index is 2.39. The molecule has 0 amide bonds. The number of aliphatic hydroxyl groups is 1. The van der Waals surface area contributed by atoms with Gasteiger partial charge in [-0.05, 0) is 26.0 Å². The first kappa shape index (κ1) is 20.2. The van der Waals surface area contributed by atoms with Gasteiger partial charge in [-0.15, -0.1) is 0 Å². The van der Waals surface area contributed by atoms with Crippen LogP contribution in [0.4, 0.5) is 0 Å². The van der Waals surface area contributed by atoms with Crippen molar-refractivity contribution in [1.29, 1.82) is 0 Å². The highest BCUT2D eigenvalue weighted by atomic mass is 28.3. The van der Waals surface area contributed by atoms with Gasteiger partial charge in [0.05, 0.1) is 12.0 Å². The minimum absolute atomic E-state index is 0.0997. The highest BCUT2D eigenvalue weighted by Crippen LogP contribution is 2.32. The highest BCUT2D eigenvalue weighted by Gasteiger charge is 2.18. The third kappa shape index (κ3) is 5.19. The van der Waals surface area contributed by atoms with Gasteiger partial charge in [-0.25, -0.2) is 4.98 Å². The number of ether oxygens (including phenoxy) is 2. The summed E-state index contributed by atoms with van der Waals surface area (Å²) in [6, 6.07) is 2.83. The lowest BCUT2D eigenvalue weighted by Gasteiger charge is -2.15. The van der Waals surface area contributed by atoms with Crippen LogP contribution in [-0.4, -0.2) is 41.7 Å². The Bertz CT molecular complexity index is 806. The van der Waals surface area contributed by atoms with Crippen molar-refractivity contribution in [3.05, 3.63) is 30.1 Å². The number of aliphatic hydroxyl groups excluding tert-OH is 1. The molecule has 0 aliphatic heterocycles. The van der Waals surface area contributed by atoms with E-state index in [9.17, 15) is 9.90 Å². The molecule has 6 nitrogen and oxygen atoms in total. The Morgan fingerprint density at radius 1 is 1.38 bits per heavy atom. The molecule has 0 aliphatic carbocycles. The molecule has 0 spiro atoms. The van der Waals surface area contributed by atoms with E-state index in [1.54, 1.807) is 18.5 Å². The number of fused-ring (bicyclic) bond motifs is 1. The average Bonchev–Trinajstić information content (AvgIpc) is 2.90. The molecule has 0 radical (unpaired) electrons. The lowest BCUT2D eigenvalue weighted by Crippen LogP contribution is -2.22. The van der Waals surface area contributed by atoms with Crippen LogP contribution >= 0.6 is 0 Å². The molecule has 0 unspecified atom stereocenters. The van der Waals surface area contributed by atoms with E-state index in [-0.39, 0.29) is 11.5 Å². The number of nitrogens with zero attached hydrogens (tertiary/aromatic N) is 2. The smallest absolute Gasteiger partial charge is 0.156 e. The maximum atomic E-state index is 11.4. The predicted molar refractivity (Wildman–Crippen MR) is 106 cm³/mol. The maximum absolute atomic E-state index is 11.4. The van der Waals surface area contributed by atoms with Crippen LogP contribution in [0.3, 0.4) is 0 Å². The number of pyridine rings is 1. The van der Waals surface area contributed by atoms with Crippen LogP contribution in [0.1, 0.15) is 19.4 Å². The van der Waals surface area contributed by atoms with Crippen LogP contribution in [-0.2, 0) is 16.3 Å². The molecule has 0 saturated carbocycles. The molecule has 0 fully saturated rings. The fourth-order valence-corrected chi connectivity index (χ4v) is 3.32. The zero-order valence-electron chi connectivity index (χ0n) is 16.2. The van der Waals surface area contributed by atoms with Crippen LogP contribution < -0.4 is 4.74 Å². The third-order valence-electron chi connectivity index (χ3n) is 3.86. The Morgan fingerprint density at radius 3 is 2.73 bits per heavy atom. The summed E-state index contributed by atoms with van der Waals surface area (Å²) in [6.07, 6.45) is 4.62. The number of hydrogen-bond donors (Lipinski definition) is 1. The summed E-state index contributed by atoms with van der Waals surface area (Å²) in [7, 11) is -1.16. The largest absolute Gasteiger partial charge is 0.507 e. The first-order valence-electron chi connectivity index (χ1n) is 8.83. The molecule has 2 heterocycles. The van der Waals surface area contributed by atoms with Crippen molar-refractivity contribution < 1.29 is 19.4 Å². The number of rotatable bonds is 9. The maximum Gasteiger partial charge on any atom is 0.156 e. The molecule has 1 N–H and O–H groups in total. The minimum Gasteiger partial charge on any atom is -0.507 e. The van der Waals surface area contributed by atoms with Gasteiger partial charge in [-0.1, -0.05) is 19.6 Å². The second kappa shape index (κ2) is 8.51. The summed E-state index contributed by atoms with van der Waals surface area (Å²) < 4.78 is 13.3. The SMILES string of the molecule is CCOc1ccnc2c1c(C(O)=CC(C)=O)cn2COCC[Si](C)(C)C. The van der Waals surface area contributed by atoms with Crippen molar-refractivity contribution in [2.24, 2.45) is 0 Å². The van der Waals surface area contributed by atoms with Crippen LogP contribution in [0.2, 0.25) is 25.7 Å². The van der Waals surface area contributed by atoms with Crippen molar-refractivity contribution in [2.45, 2.75) is 46.3 Å². The van der Waals surface area contributed by atoms with Crippen LogP contribution in [0.15, 0.2) is 24.5 Å². The van der Waals surface area contributed by atoms with Crippen molar-refractivity contribution >= 4 is 30.6 Å². The number of ketones is 1. The molecule has 0 saturated heterocycles. The van der Waals surface area contributed by atoms with Gasteiger partial charge in [0, 0.05) is 38.7 Å². The first-order valence-corrected chi connectivity index (χ1v) is 12.5. The standard InChI is InChI=1S/C19H28N2O4Si/c1-6-25-17-7-8-20-19-18(17)15(16(23)11-14(2)22)12-21(19)13-24-9-10-26(3,4)5/h7-8,11-12,23H,6,9-10,13H2,1-5H3. The first-order chi connectivity index (χ1) is 12.2. The average molecular weight is 377 g/mol. The van der Waals surface area contributed by atoms with Gasteiger partial charge in [-0.2, -0.15) is 0 Å². The van der Waals surface area contributed by atoms with Crippen LogP contribution in [0, 0.1) is 0 Å². The molecular weight excluding hydrogens is 348 g/mol. The summed E-state index contributed by atoms with van der Waals surface area (Å²) >= 11 is 0. The number of carbonyl (C=O) groups is 1. The second-order valence-corrected chi connectivity index (χ2v) is 13.1. The summed E-state index contributed by atoms with van der Waals surface area (Å²) in [4.78, 5) is 15.8. The van der Waals surface area contributed by atoms with E-state index in [1.165, 1.54) is 13.0 Å². The number of hydrogen-bond acceptors (Lipinski definition) is 5. The Labute approximate surface area is 155 Å². The predicted octanol–water partition coefficient (Wildman–Crippen LogP) is 4.24. The zero-order chi connectivity index (χ0) is 19.3. The molecule has 26 heavy (non-hydrogen) atoms. The molecule has 0 atom stereocenters. The molecule has 0 aromatic carbocycles. The van der Waals surface area contributed by atoms with E-state index < -0.39 is 8.07 Å².